The first-order valence-electron chi connectivity index (χ1n) is 3.23. The Bertz CT molecular complexity index is 235. The van der Waals surface area contributed by atoms with Crippen molar-refractivity contribution in [2.45, 2.75) is 20.3 Å². The number of carbonyl (C=O) groups is 1. The SMILES string of the molecule is Cc1cc(CC=O)c(C)o1. The maximum atomic E-state index is 10.1. The highest BCUT2D eigenvalue weighted by Crippen LogP contribution is 2.12. The van der Waals surface area contributed by atoms with E-state index in [9.17, 15) is 4.79 Å². The third-order valence-electron chi connectivity index (χ3n) is 1.45. The van der Waals surface area contributed by atoms with Crippen molar-refractivity contribution in [1.82, 2.24) is 0 Å². The first kappa shape index (κ1) is 7.06. The molecule has 0 saturated heterocycles. The predicted molar refractivity (Wildman–Crippen MR) is 38.0 cm³/mol. The van der Waals surface area contributed by atoms with Crippen LogP contribution in [-0.4, -0.2) is 6.29 Å². The number of hydrogen-bond acceptors (Lipinski definition) is 2. The van der Waals surface area contributed by atoms with Gasteiger partial charge in [0.2, 0.25) is 0 Å². The van der Waals surface area contributed by atoms with E-state index in [4.69, 9.17) is 4.42 Å². The Morgan fingerprint density at radius 3 is 2.70 bits per heavy atom. The second-order valence-electron chi connectivity index (χ2n) is 2.31. The van der Waals surface area contributed by atoms with E-state index in [2.05, 4.69) is 0 Å². The van der Waals surface area contributed by atoms with E-state index in [1.165, 1.54) is 0 Å². The summed E-state index contributed by atoms with van der Waals surface area (Å²) in [5.74, 6) is 1.72. The van der Waals surface area contributed by atoms with Crippen LogP contribution in [0.15, 0.2) is 10.5 Å². The van der Waals surface area contributed by atoms with Crippen molar-refractivity contribution in [3.05, 3.63) is 23.2 Å². The van der Waals surface area contributed by atoms with Crippen molar-refractivity contribution in [1.29, 1.82) is 0 Å². The summed E-state index contributed by atoms with van der Waals surface area (Å²) in [6, 6.07) is 1.89. The van der Waals surface area contributed by atoms with Gasteiger partial charge >= 0.3 is 0 Å². The van der Waals surface area contributed by atoms with E-state index in [1.807, 2.05) is 19.9 Å². The van der Waals surface area contributed by atoms with Gasteiger partial charge in [0.1, 0.15) is 17.8 Å². The van der Waals surface area contributed by atoms with E-state index in [0.29, 0.717) is 6.42 Å². The van der Waals surface area contributed by atoms with Crippen LogP contribution in [0.3, 0.4) is 0 Å². The minimum Gasteiger partial charge on any atom is -0.466 e. The molecule has 2 heteroatoms. The third-order valence-corrected chi connectivity index (χ3v) is 1.45. The van der Waals surface area contributed by atoms with Crippen LogP contribution in [0.1, 0.15) is 17.1 Å². The van der Waals surface area contributed by atoms with E-state index < -0.39 is 0 Å². The molecule has 0 N–H and O–H groups in total. The molecule has 54 valence electrons. The highest BCUT2D eigenvalue weighted by molar-refractivity contribution is 5.55. The first-order valence-corrected chi connectivity index (χ1v) is 3.23. The smallest absolute Gasteiger partial charge is 0.124 e. The van der Waals surface area contributed by atoms with Gasteiger partial charge in [-0.3, -0.25) is 0 Å². The fourth-order valence-corrected chi connectivity index (χ4v) is 0.976. The molecule has 0 spiro atoms. The zero-order chi connectivity index (χ0) is 7.56. The van der Waals surface area contributed by atoms with Crippen molar-refractivity contribution in [2.75, 3.05) is 0 Å². The Kier molecular flexibility index (Phi) is 1.90. The van der Waals surface area contributed by atoms with Crippen LogP contribution in [0.4, 0.5) is 0 Å². The summed E-state index contributed by atoms with van der Waals surface area (Å²) in [4.78, 5) is 10.1. The molecule has 0 aliphatic rings. The zero-order valence-electron chi connectivity index (χ0n) is 6.18. The topological polar surface area (TPSA) is 30.2 Å². The second-order valence-corrected chi connectivity index (χ2v) is 2.31. The minimum absolute atomic E-state index is 0.461. The molecule has 0 atom stereocenters. The molecule has 0 radical (unpaired) electrons. The lowest BCUT2D eigenvalue weighted by molar-refractivity contribution is -0.107. The van der Waals surface area contributed by atoms with Gasteiger partial charge in [0, 0.05) is 12.0 Å². The summed E-state index contributed by atoms with van der Waals surface area (Å²) in [5, 5.41) is 0. The molecule has 1 aromatic heterocycles. The fourth-order valence-electron chi connectivity index (χ4n) is 0.976. The summed E-state index contributed by atoms with van der Waals surface area (Å²) in [5.41, 5.74) is 0.993. The maximum Gasteiger partial charge on any atom is 0.124 e. The Balaban J connectivity index is 2.91. The van der Waals surface area contributed by atoms with Crippen LogP contribution in [0, 0.1) is 13.8 Å². The summed E-state index contributed by atoms with van der Waals surface area (Å²) in [6.45, 7) is 3.74. The molecular weight excluding hydrogens is 128 g/mol. The third kappa shape index (κ3) is 1.26. The van der Waals surface area contributed by atoms with Crippen LogP contribution in [-0.2, 0) is 11.2 Å². The van der Waals surface area contributed by atoms with E-state index in [0.717, 1.165) is 23.4 Å². The van der Waals surface area contributed by atoms with Gasteiger partial charge in [-0.25, -0.2) is 0 Å². The number of hydrogen-bond donors (Lipinski definition) is 0. The monoisotopic (exact) mass is 138 g/mol. The van der Waals surface area contributed by atoms with Gasteiger partial charge < -0.3 is 9.21 Å². The first-order chi connectivity index (χ1) is 4.74. The Hall–Kier alpha value is -1.05. The van der Waals surface area contributed by atoms with Crippen molar-refractivity contribution in [3.63, 3.8) is 0 Å². The minimum atomic E-state index is 0.461. The molecule has 1 heterocycles. The maximum absolute atomic E-state index is 10.1. The van der Waals surface area contributed by atoms with Gasteiger partial charge in [-0.05, 0) is 19.9 Å². The average molecular weight is 138 g/mol. The van der Waals surface area contributed by atoms with Crippen molar-refractivity contribution < 1.29 is 9.21 Å². The van der Waals surface area contributed by atoms with Crippen molar-refractivity contribution >= 4 is 6.29 Å². The lowest BCUT2D eigenvalue weighted by Crippen LogP contribution is -1.83. The number of rotatable bonds is 2. The Morgan fingerprint density at radius 2 is 2.30 bits per heavy atom. The van der Waals surface area contributed by atoms with Gasteiger partial charge in [-0.15, -0.1) is 0 Å². The van der Waals surface area contributed by atoms with Gasteiger partial charge in [0.15, 0.2) is 0 Å². The largest absolute Gasteiger partial charge is 0.466 e. The van der Waals surface area contributed by atoms with E-state index >= 15 is 0 Å². The molecule has 2 nitrogen and oxygen atoms in total. The average Bonchev–Trinajstić information content (AvgIpc) is 2.13. The molecule has 1 aromatic rings. The normalized spacial score (nSPS) is 9.80. The van der Waals surface area contributed by atoms with Crippen molar-refractivity contribution in [2.24, 2.45) is 0 Å². The quantitative estimate of drug-likeness (QED) is 0.581. The zero-order valence-corrected chi connectivity index (χ0v) is 6.18. The van der Waals surface area contributed by atoms with Crippen LogP contribution in [0.25, 0.3) is 0 Å². The molecule has 0 aliphatic carbocycles. The van der Waals surface area contributed by atoms with Gasteiger partial charge in [-0.1, -0.05) is 0 Å². The van der Waals surface area contributed by atoms with Crippen LogP contribution in [0.2, 0.25) is 0 Å². The van der Waals surface area contributed by atoms with Gasteiger partial charge in [0.25, 0.3) is 0 Å². The molecule has 0 amide bonds. The summed E-state index contributed by atoms with van der Waals surface area (Å²) >= 11 is 0. The standard InChI is InChI=1S/C8H10O2/c1-6-5-8(3-4-9)7(2)10-6/h4-5H,3H2,1-2H3. The Labute approximate surface area is 59.8 Å². The summed E-state index contributed by atoms with van der Waals surface area (Å²) < 4.78 is 5.21. The fraction of sp³-hybridized carbons (Fsp3) is 0.375. The molecule has 0 fully saturated rings. The number of aryl methyl sites for hydroxylation is 2. The highest BCUT2D eigenvalue weighted by Gasteiger charge is 2.01. The van der Waals surface area contributed by atoms with Crippen molar-refractivity contribution in [3.8, 4) is 0 Å². The summed E-state index contributed by atoms with van der Waals surface area (Å²) in [7, 11) is 0. The molecule has 0 saturated carbocycles. The molecule has 10 heavy (non-hydrogen) atoms. The summed E-state index contributed by atoms with van der Waals surface area (Å²) in [6.07, 6.45) is 1.35. The molecule has 0 aromatic carbocycles. The Morgan fingerprint density at radius 1 is 1.60 bits per heavy atom. The molecule has 0 unspecified atom stereocenters. The molecule has 0 bridgehead atoms. The molecule has 1 rings (SSSR count). The highest BCUT2D eigenvalue weighted by atomic mass is 16.3. The van der Waals surface area contributed by atoms with Crippen LogP contribution < -0.4 is 0 Å². The molecule has 0 aliphatic heterocycles. The van der Waals surface area contributed by atoms with E-state index in [1.54, 1.807) is 0 Å². The lowest BCUT2D eigenvalue weighted by atomic mass is 10.2. The van der Waals surface area contributed by atoms with Crippen LogP contribution >= 0.6 is 0 Å². The second kappa shape index (κ2) is 2.69. The van der Waals surface area contributed by atoms with Crippen LogP contribution in [0.5, 0.6) is 0 Å². The molecular formula is C8H10O2. The van der Waals surface area contributed by atoms with Gasteiger partial charge in [-0.2, -0.15) is 0 Å². The number of carbonyl (C=O) groups excluding carboxylic acids is 1. The van der Waals surface area contributed by atoms with Gasteiger partial charge in [0.05, 0.1) is 0 Å². The van der Waals surface area contributed by atoms with E-state index in [-0.39, 0.29) is 0 Å². The predicted octanol–water partition coefficient (Wildman–Crippen LogP) is 1.64. The lowest BCUT2D eigenvalue weighted by Gasteiger charge is -1.86. The number of furan rings is 1. The number of aldehydes is 1.